The fourth-order valence-electron chi connectivity index (χ4n) is 3.30. The lowest BCUT2D eigenvalue weighted by Crippen LogP contribution is -2.37. The van der Waals surface area contributed by atoms with Crippen LogP contribution < -0.4 is 15.5 Å². The number of phenols is 1. The zero-order valence-corrected chi connectivity index (χ0v) is 19.0. The van der Waals surface area contributed by atoms with E-state index in [2.05, 4.69) is 25.6 Å². The van der Waals surface area contributed by atoms with Gasteiger partial charge in [0.25, 0.3) is 5.91 Å². The van der Waals surface area contributed by atoms with Crippen LogP contribution >= 0.6 is 11.3 Å². The lowest BCUT2D eigenvalue weighted by molar-refractivity contribution is -0.141. The number of carbonyl (C=O) groups is 1. The second kappa shape index (κ2) is 9.43. The lowest BCUT2D eigenvalue weighted by Gasteiger charge is -2.27. The van der Waals surface area contributed by atoms with Crippen molar-refractivity contribution in [3.63, 3.8) is 0 Å². The molecule has 1 aromatic carbocycles. The monoisotopic (exact) mass is 494 g/mol. The standard InChI is InChI=1S/C21H21F3N6O3S/c1-11-3-4-13(31)12(2)17(11)29-18(32)14-10-25-20(34-14)28-16-9-15(21(22,23)24)26-19(27-16)30-5-7-33-8-6-30/h3-4,9-10,31H,5-8H2,1-2H3,(H,29,32)(H,25,26,27,28). The highest BCUT2D eigenvalue weighted by molar-refractivity contribution is 7.17. The molecule has 0 atom stereocenters. The normalized spacial score (nSPS) is 14.2. The van der Waals surface area contributed by atoms with E-state index in [1.165, 1.54) is 12.3 Å². The first-order valence-corrected chi connectivity index (χ1v) is 11.1. The number of anilines is 4. The molecule has 2 aromatic heterocycles. The molecule has 0 spiro atoms. The van der Waals surface area contributed by atoms with Crippen LogP contribution in [0, 0.1) is 13.8 Å². The van der Waals surface area contributed by atoms with E-state index in [1.807, 2.05) is 0 Å². The van der Waals surface area contributed by atoms with Crippen LogP contribution in [0.2, 0.25) is 0 Å². The number of ether oxygens (including phenoxy) is 1. The second-order valence-electron chi connectivity index (χ2n) is 7.55. The van der Waals surface area contributed by atoms with Crippen molar-refractivity contribution in [2.75, 3.05) is 41.8 Å². The maximum Gasteiger partial charge on any atom is 0.433 e. The smallest absolute Gasteiger partial charge is 0.433 e. The number of halogens is 3. The molecular formula is C21H21F3N6O3S. The number of aromatic hydroxyl groups is 1. The third-order valence-electron chi connectivity index (χ3n) is 5.15. The van der Waals surface area contributed by atoms with Gasteiger partial charge in [-0.05, 0) is 25.5 Å². The van der Waals surface area contributed by atoms with E-state index in [0.717, 1.165) is 23.0 Å². The Bertz CT molecular complexity index is 1210. The molecule has 1 fully saturated rings. The van der Waals surface area contributed by atoms with Crippen LogP contribution in [-0.2, 0) is 10.9 Å². The second-order valence-corrected chi connectivity index (χ2v) is 8.58. The molecule has 1 amide bonds. The van der Waals surface area contributed by atoms with Crippen molar-refractivity contribution in [2.24, 2.45) is 0 Å². The number of hydrogen-bond acceptors (Lipinski definition) is 9. The summed E-state index contributed by atoms with van der Waals surface area (Å²) in [6.45, 7) is 4.95. The number of phenolic OH excluding ortho intramolecular Hbond substituents is 1. The number of rotatable bonds is 5. The van der Waals surface area contributed by atoms with Crippen LogP contribution in [-0.4, -0.2) is 52.3 Å². The first-order valence-electron chi connectivity index (χ1n) is 10.2. The molecule has 0 saturated carbocycles. The molecule has 3 N–H and O–H groups in total. The minimum atomic E-state index is -4.66. The maximum atomic E-state index is 13.4. The molecular weight excluding hydrogens is 473 g/mol. The number of hydrogen-bond donors (Lipinski definition) is 3. The van der Waals surface area contributed by atoms with Crippen LogP contribution in [0.3, 0.4) is 0 Å². The minimum absolute atomic E-state index is 0.0489. The van der Waals surface area contributed by atoms with Crippen molar-refractivity contribution in [3.8, 4) is 5.75 Å². The summed E-state index contributed by atoms with van der Waals surface area (Å²) in [6.07, 6.45) is -3.35. The molecule has 0 aliphatic carbocycles. The Hall–Kier alpha value is -3.45. The van der Waals surface area contributed by atoms with Gasteiger partial charge in [-0.15, -0.1) is 0 Å². The van der Waals surface area contributed by atoms with Gasteiger partial charge >= 0.3 is 6.18 Å². The van der Waals surface area contributed by atoms with Crippen LogP contribution in [0.25, 0.3) is 0 Å². The van der Waals surface area contributed by atoms with Gasteiger partial charge in [0, 0.05) is 24.7 Å². The molecule has 3 heterocycles. The number of nitrogens with zero attached hydrogens (tertiary/aromatic N) is 4. The number of thiazole rings is 1. The summed E-state index contributed by atoms with van der Waals surface area (Å²) in [5, 5.41) is 15.6. The van der Waals surface area contributed by atoms with E-state index in [1.54, 1.807) is 24.8 Å². The SMILES string of the molecule is Cc1ccc(O)c(C)c1NC(=O)c1cnc(Nc2cc(C(F)(F)F)nc(N3CCOCC3)n2)s1. The Morgan fingerprint density at radius 3 is 2.65 bits per heavy atom. The van der Waals surface area contributed by atoms with Gasteiger partial charge in [-0.1, -0.05) is 17.4 Å². The first kappa shape index (κ1) is 23.7. The van der Waals surface area contributed by atoms with Crippen LogP contribution in [0.15, 0.2) is 24.4 Å². The van der Waals surface area contributed by atoms with Crippen molar-refractivity contribution in [3.05, 3.63) is 46.1 Å². The largest absolute Gasteiger partial charge is 0.508 e. The van der Waals surface area contributed by atoms with Crippen molar-refractivity contribution < 1.29 is 27.8 Å². The number of benzene rings is 1. The Morgan fingerprint density at radius 2 is 1.94 bits per heavy atom. The van der Waals surface area contributed by atoms with E-state index in [-0.39, 0.29) is 27.5 Å². The van der Waals surface area contributed by atoms with Gasteiger partial charge in [-0.2, -0.15) is 18.2 Å². The van der Waals surface area contributed by atoms with Crippen LogP contribution in [0.4, 0.5) is 35.8 Å². The van der Waals surface area contributed by atoms with Gasteiger partial charge < -0.3 is 25.4 Å². The van der Waals surface area contributed by atoms with Crippen molar-refractivity contribution in [2.45, 2.75) is 20.0 Å². The van der Waals surface area contributed by atoms with Gasteiger partial charge in [0.2, 0.25) is 5.95 Å². The summed E-state index contributed by atoms with van der Waals surface area (Å²) in [7, 11) is 0. The molecule has 1 saturated heterocycles. The number of alkyl halides is 3. The first-order chi connectivity index (χ1) is 16.1. The third kappa shape index (κ3) is 5.20. The number of morpholine rings is 1. The number of aryl methyl sites for hydroxylation is 1. The number of carbonyl (C=O) groups excluding carboxylic acids is 1. The minimum Gasteiger partial charge on any atom is -0.508 e. The maximum absolute atomic E-state index is 13.4. The molecule has 9 nitrogen and oxygen atoms in total. The molecule has 180 valence electrons. The van der Waals surface area contributed by atoms with Gasteiger partial charge in [-0.25, -0.2) is 9.97 Å². The molecule has 0 unspecified atom stereocenters. The Kier molecular flexibility index (Phi) is 6.57. The Morgan fingerprint density at radius 1 is 1.21 bits per heavy atom. The van der Waals surface area contributed by atoms with Gasteiger partial charge in [0.05, 0.1) is 25.1 Å². The number of nitrogens with one attached hydrogen (secondary N) is 2. The van der Waals surface area contributed by atoms with E-state index in [9.17, 15) is 23.1 Å². The van der Waals surface area contributed by atoms with Gasteiger partial charge in [0.15, 0.2) is 10.8 Å². The molecule has 0 radical (unpaired) electrons. The molecule has 4 rings (SSSR count). The highest BCUT2D eigenvalue weighted by Gasteiger charge is 2.34. The van der Waals surface area contributed by atoms with E-state index in [0.29, 0.717) is 37.6 Å². The topological polar surface area (TPSA) is 112 Å². The molecule has 34 heavy (non-hydrogen) atoms. The van der Waals surface area contributed by atoms with Crippen molar-refractivity contribution in [1.29, 1.82) is 0 Å². The predicted octanol–water partition coefficient (Wildman–Crippen LogP) is 4.11. The van der Waals surface area contributed by atoms with E-state index in [4.69, 9.17) is 4.74 Å². The summed E-state index contributed by atoms with van der Waals surface area (Å²) in [6, 6.07) is 4.01. The van der Waals surface area contributed by atoms with E-state index >= 15 is 0 Å². The van der Waals surface area contributed by atoms with Gasteiger partial charge in [-0.3, -0.25) is 4.79 Å². The summed E-state index contributed by atoms with van der Waals surface area (Å²) in [5.74, 6) is -0.572. The molecule has 13 heteroatoms. The Labute approximate surface area is 196 Å². The van der Waals surface area contributed by atoms with Gasteiger partial charge in [0.1, 0.15) is 16.4 Å². The Balaban J connectivity index is 1.55. The molecule has 1 aliphatic heterocycles. The molecule has 3 aromatic rings. The average molecular weight is 494 g/mol. The molecule has 0 bridgehead atoms. The zero-order chi connectivity index (χ0) is 24.5. The quantitative estimate of drug-likeness (QED) is 0.486. The summed E-state index contributed by atoms with van der Waals surface area (Å²) in [4.78, 5) is 26.5. The summed E-state index contributed by atoms with van der Waals surface area (Å²) >= 11 is 0.954. The van der Waals surface area contributed by atoms with E-state index < -0.39 is 17.8 Å². The lowest BCUT2D eigenvalue weighted by atomic mass is 10.1. The summed E-state index contributed by atoms with van der Waals surface area (Å²) < 4.78 is 45.5. The fourth-order valence-corrected chi connectivity index (χ4v) is 4.02. The van der Waals surface area contributed by atoms with Crippen LogP contribution in [0.1, 0.15) is 26.5 Å². The highest BCUT2D eigenvalue weighted by atomic mass is 32.1. The third-order valence-corrected chi connectivity index (χ3v) is 6.06. The zero-order valence-electron chi connectivity index (χ0n) is 18.2. The van der Waals surface area contributed by atoms with Crippen molar-refractivity contribution in [1.82, 2.24) is 15.0 Å². The van der Waals surface area contributed by atoms with Crippen LogP contribution in [0.5, 0.6) is 5.75 Å². The fraction of sp³-hybridized carbons (Fsp3) is 0.333. The average Bonchev–Trinajstić information content (AvgIpc) is 3.27. The highest BCUT2D eigenvalue weighted by Crippen LogP contribution is 2.33. The number of aromatic nitrogens is 3. The molecule has 1 aliphatic rings. The number of amides is 1. The van der Waals surface area contributed by atoms with Crippen molar-refractivity contribution >= 4 is 39.8 Å². The summed E-state index contributed by atoms with van der Waals surface area (Å²) in [5.41, 5.74) is 0.680. The predicted molar refractivity (Wildman–Crippen MR) is 121 cm³/mol.